The van der Waals surface area contributed by atoms with E-state index < -0.39 is 6.04 Å². The van der Waals surface area contributed by atoms with Crippen molar-refractivity contribution in [1.29, 1.82) is 0 Å². The van der Waals surface area contributed by atoms with Gasteiger partial charge in [-0.05, 0) is 37.0 Å². The van der Waals surface area contributed by atoms with Gasteiger partial charge in [0.2, 0.25) is 11.8 Å². The molecule has 0 aromatic carbocycles. The lowest BCUT2D eigenvalue weighted by Crippen LogP contribution is -2.56. The predicted octanol–water partition coefficient (Wildman–Crippen LogP) is 2.70. The van der Waals surface area contributed by atoms with Gasteiger partial charge in [0.15, 0.2) is 0 Å². The van der Waals surface area contributed by atoms with Crippen molar-refractivity contribution in [2.24, 2.45) is 17.1 Å². The molecule has 2 amide bonds. The Hall–Kier alpha value is -1.21. The number of carbonyl (C=O) groups is 2. The van der Waals surface area contributed by atoms with E-state index in [2.05, 4.69) is 12.2 Å². The number of hydrogen-bond donors (Lipinski definition) is 2. The molecule has 2 aliphatic rings. The van der Waals surface area contributed by atoms with Crippen LogP contribution < -0.4 is 11.1 Å². The first-order chi connectivity index (χ1) is 13.7. The Morgan fingerprint density at radius 2 is 1.93 bits per heavy atom. The van der Waals surface area contributed by atoms with Gasteiger partial charge < -0.3 is 20.9 Å². The van der Waals surface area contributed by atoms with E-state index in [0.29, 0.717) is 17.3 Å². The summed E-state index contributed by atoms with van der Waals surface area (Å²) in [6, 6.07) is -0.258. The highest BCUT2D eigenvalue weighted by molar-refractivity contribution is 7.80. The summed E-state index contributed by atoms with van der Waals surface area (Å²) in [6.45, 7) is 11.1. The lowest BCUT2D eigenvalue weighted by molar-refractivity contribution is -0.140. The first-order valence-electron chi connectivity index (χ1n) is 11.2. The number of nitrogens with zero attached hydrogens (tertiary/aromatic N) is 2. The third-order valence-corrected chi connectivity index (χ3v) is 6.52. The van der Waals surface area contributed by atoms with E-state index >= 15 is 0 Å². The summed E-state index contributed by atoms with van der Waals surface area (Å²) in [5.41, 5.74) is 5.36. The number of unbranched alkanes of at least 4 members (excludes halogenated alkanes) is 1. The molecule has 0 bridgehead atoms. The summed E-state index contributed by atoms with van der Waals surface area (Å²) in [5.74, 6) is 1.01. The normalized spacial score (nSPS) is 21.1. The third kappa shape index (κ3) is 6.64. The SMILES string of the molecule is CCCCC1CN(C(=O)CCC2CCCN2C(=O)[C@@H](NC(=S)CN)C(C)(C)C)C1. The van der Waals surface area contributed by atoms with Gasteiger partial charge in [-0.25, -0.2) is 0 Å². The van der Waals surface area contributed by atoms with E-state index in [1.165, 1.54) is 19.3 Å². The fourth-order valence-electron chi connectivity index (χ4n) is 4.36. The second-order valence-electron chi connectivity index (χ2n) is 9.74. The summed E-state index contributed by atoms with van der Waals surface area (Å²) in [4.78, 5) is 30.3. The number of nitrogens with one attached hydrogen (secondary N) is 1. The first-order valence-corrected chi connectivity index (χ1v) is 11.7. The van der Waals surface area contributed by atoms with Crippen molar-refractivity contribution in [2.75, 3.05) is 26.2 Å². The third-order valence-electron chi connectivity index (χ3n) is 6.23. The lowest BCUT2D eigenvalue weighted by atomic mass is 9.85. The van der Waals surface area contributed by atoms with Crippen LogP contribution in [-0.4, -0.2) is 64.9 Å². The number of nitrogens with two attached hydrogens (primary N) is 1. The van der Waals surface area contributed by atoms with Crippen molar-refractivity contribution in [3.05, 3.63) is 0 Å². The summed E-state index contributed by atoms with van der Waals surface area (Å²) in [5, 5.41) is 3.17. The average molecular weight is 425 g/mol. The maximum absolute atomic E-state index is 13.3. The van der Waals surface area contributed by atoms with Crippen LogP contribution in [-0.2, 0) is 9.59 Å². The second kappa shape index (κ2) is 10.7. The van der Waals surface area contributed by atoms with Crippen molar-refractivity contribution in [1.82, 2.24) is 15.1 Å². The fraction of sp³-hybridized carbons (Fsp3) is 0.864. The number of carbonyl (C=O) groups excluding carboxylic acids is 2. The van der Waals surface area contributed by atoms with Gasteiger partial charge in [0.1, 0.15) is 6.04 Å². The van der Waals surface area contributed by atoms with Crippen molar-refractivity contribution in [3.8, 4) is 0 Å². The minimum atomic E-state index is -0.399. The van der Waals surface area contributed by atoms with Gasteiger partial charge in [0, 0.05) is 38.6 Å². The molecule has 0 aliphatic carbocycles. The van der Waals surface area contributed by atoms with Crippen LogP contribution in [0.15, 0.2) is 0 Å². The van der Waals surface area contributed by atoms with Crippen molar-refractivity contribution >= 4 is 29.0 Å². The molecule has 0 radical (unpaired) electrons. The highest BCUT2D eigenvalue weighted by Crippen LogP contribution is 2.28. The molecule has 2 rings (SSSR count). The van der Waals surface area contributed by atoms with Crippen LogP contribution in [0.5, 0.6) is 0 Å². The molecule has 7 heteroatoms. The highest BCUT2D eigenvalue weighted by atomic mass is 32.1. The molecule has 1 unspecified atom stereocenters. The van der Waals surface area contributed by atoms with E-state index in [4.69, 9.17) is 18.0 Å². The van der Waals surface area contributed by atoms with Gasteiger partial charge in [-0.15, -0.1) is 0 Å². The molecule has 0 aromatic rings. The zero-order valence-electron chi connectivity index (χ0n) is 18.7. The lowest BCUT2D eigenvalue weighted by Gasteiger charge is -2.40. The van der Waals surface area contributed by atoms with Crippen LogP contribution in [0.25, 0.3) is 0 Å². The molecule has 2 atom stereocenters. The maximum Gasteiger partial charge on any atom is 0.245 e. The summed E-state index contributed by atoms with van der Waals surface area (Å²) in [6.07, 6.45) is 6.94. The van der Waals surface area contributed by atoms with E-state index in [1.807, 2.05) is 30.6 Å². The van der Waals surface area contributed by atoms with Crippen molar-refractivity contribution < 1.29 is 9.59 Å². The zero-order valence-corrected chi connectivity index (χ0v) is 19.5. The van der Waals surface area contributed by atoms with Crippen molar-refractivity contribution in [2.45, 2.75) is 84.7 Å². The molecule has 2 fully saturated rings. The predicted molar refractivity (Wildman–Crippen MR) is 122 cm³/mol. The Morgan fingerprint density at radius 3 is 2.52 bits per heavy atom. The average Bonchev–Trinajstić information content (AvgIpc) is 3.10. The number of likely N-dealkylation sites (tertiary alicyclic amines) is 2. The highest BCUT2D eigenvalue weighted by Gasteiger charge is 2.39. The molecule has 166 valence electrons. The van der Waals surface area contributed by atoms with E-state index in [-0.39, 0.29) is 29.8 Å². The molecule has 0 spiro atoms. The molecule has 0 saturated carbocycles. The molecular weight excluding hydrogens is 384 g/mol. The maximum atomic E-state index is 13.3. The van der Waals surface area contributed by atoms with Crippen LogP contribution >= 0.6 is 12.2 Å². The minimum absolute atomic E-state index is 0.0758. The molecule has 2 saturated heterocycles. The fourth-order valence-corrected chi connectivity index (χ4v) is 4.48. The zero-order chi connectivity index (χ0) is 21.6. The van der Waals surface area contributed by atoms with Crippen LogP contribution in [0, 0.1) is 11.3 Å². The summed E-state index contributed by atoms with van der Waals surface area (Å²) < 4.78 is 0. The number of thiocarbonyl (C=S) groups is 1. The van der Waals surface area contributed by atoms with Gasteiger partial charge in [0.05, 0.1) is 4.99 Å². The van der Waals surface area contributed by atoms with Gasteiger partial charge >= 0.3 is 0 Å². The van der Waals surface area contributed by atoms with Crippen LogP contribution in [0.2, 0.25) is 0 Å². The number of hydrogen-bond acceptors (Lipinski definition) is 4. The standard InChI is InChI=1S/C22H40N4O2S/c1-5-6-8-16-14-25(15-16)19(27)11-10-17-9-7-12-26(17)21(28)20(22(2,3)4)24-18(29)13-23/h16-17,20H,5-15,23H2,1-4H3,(H,24,29)/t17?,20-/m1/s1. The van der Waals surface area contributed by atoms with E-state index in [1.54, 1.807) is 0 Å². The van der Waals surface area contributed by atoms with Gasteiger partial charge in [-0.1, -0.05) is 52.8 Å². The topological polar surface area (TPSA) is 78.7 Å². The minimum Gasteiger partial charge on any atom is -0.367 e. The molecule has 6 nitrogen and oxygen atoms in total. The Labute approximate surface area is 181 Å². The molecule has 2 heterocycles. The Bertz CT molecular complexity index is 584. The Morgan fingerprint density at radius 1 is 1.24 bits per heavy atom. The van der Waals surface area contributed by atoms with Gasteiger partial charge in [-0.3, -0.25) is 9.59 Å². The van der Waals surface area contributed by atoms with Crippen molar-refractivity contribution in [3.63, 3.8) is 0 Å². The van der Waals surface area contributed by atoms with Crippen LogP contribution in [0.3, 0.4) is 0 Å². The number of rotatable bonds is 9. The van der Waals surface area contributed by atoms with E-state index in [9.17, 15) is 9.59 Å². The Kier molecular flexibility index (Phi) is 8.89. The van der Waals surface area contributed by atoms with Gasteiger partial charge in [0.25, 0.3) is 0 Å². The van der Waals surface area contributed by atoms with E-state index in [0.717, 1.165) is 38.9 Å². The smallest absolute Gasteiger partial charge is 0.245 e. The monoisotopic (exact) mass is 424 g/mol. The second-order valence-corrected chi connectivity index (χ2v) is 10.2. The first kappa shape index (κ1) is 24.1. The Balaban J connectivity index is 1.87. The van der Waals surface area contributed by atoms with Crippen LogP contribution in [0.1, 0.15) is 72.6 Å². The summed E-state index contributed by atoms with van der Waals surface area (Å²) in [7, 11) is 0. The molecule has 3 N–H and O–H groups in total. The van der Waals surface area contributed by atoms with Gasteiger partial charge in [-0.2, -0.15) is 0 Å². The van der Waals surface area contributed by atoms with Crippen LogP contribution in [0.4, 0.5) is 0 Å². The molecule has 29 heavy (non-hydrogen) atoms. The molecular formula is C22H40N4O2S. The summed E-state index contributed by atoms with van der Waals surface area (Å²) >= 11 is 5.24. The number of amides is 2. The quantitative estimate of drug-likeness (QED) is 0.557. The molecule has 2 aliphatic heterocycles. The largest absolute Gasteiger partial charge is 0.367 e. The molecule has 0 aromatic heterocycles.